The van der Waals surface area contributed by atoms with Crippen LogP contribution in [0.3, 0.4) is 0 Å². The number of hydrogen-bond acceptors (Lipinski definition) is 3. The Hall–Kier alpha value is -0.680. The maximum atomic E-state index is 3.59. The van der Waals surface area contributed by atoms with Crippen molar-refractivity contribution in [2.24, 2.45) is 0 Å². The van der Waals surface area contributed by atoms with Crippen molar-refractivity contribution in [2.75, 3.05) is 7.05 Å². The van der Waals surface area contributed by atoms with Crippen LogP contribution >= 0.6 is 38.6 Å². The Morgan fingerprint density at radius 2 is 2.00 bits per heavy atom. The number of nitrogens with one attached hydrogen (secondary N) is 1. The third-order valence-electron chi connectivity index (χ3n) is 3.35. The number of halogens is 1. The van der Waals surface area contributed by atoms with Crippen molar-refractivity contribution < 1.29 is 0 Å². The third-order valence-corrected chi connectivity index (χ3v) is 5.90. The highest BCUT2D eigenvalue weighted by atomic mass is 79.9. The van der Waals surface area contributed by atoms with Crippen molar-refractivity contribution >= 4 is 48.7 Å². The summed E-state index contributed by atoms with van der Waals surface area (Å²) in [6.45, 7) is 2.18. The van der Waals surface area contributed by atoms with Crippen LogP contribution in [0.2, 0.25) is 0 Å². The zero-order valence-corrected chi connectivity index (χ0v) is 14.0. The maximum Gasteiger partial charge on any atom is 0.0704 e. The minimum atomic E-state index is 0.263. The molecule has 1 N–H and O–H groups in total. The fourth-order valence-corrected chi connectivity index (χ4v) is 5.18. The lowest BCUT2D eigenvalue weighted by molar-refractivity contribution is 0.697. The van der Waals surface area contributed by atoms with Crippen LogP contribution in [0.1, 0.15) is 22.0 Å². The van der Waals surface area contributed by atoms with Crippen LogP contribution in [0.25, 0.3) is 10.1 Å². The molecule has 1 atom stereocenters. The van der Waals surface area contributed by atoms with Crippen molar-refractivity contribution in [3.63, 3.8) is 0 Å². The quantitative estimate of drug-likeness (QED) is 0.671. The van der Waals surface area contributed by atoms with Gasteiger partial charge in [-0.1, -0.05) is 18.2 Å². The first-order valence-electron chi connectivity index (χ1n) is 6.10. The van der Waals surface area contributed by atoms with Crippen LogP contribution in [0, 0.1) is 6.92 Å². The molecule has 0 amide bonds. The second kappa shape index (κ2) is 5.37. The number of fused-ring (bicyclic) bond motifs is 1. The number of benzene rings is 1. The normalized spacial score (nSPS) is 13.0. The lowest BCUT2D eigenvalue weighted by Gasteiger charge is -2.16. The standard InChI is InChI=1S/C15H14BrNS2/c1-9-11(7-14(16)19-9)15(17-2)12-8-18-13-6-4-3-5-10(12)13/h3-8,15,17H,1-2H3. The van der Waals surface area contributed by atoms with Gasteiger partial charge in [-0.05, 0) is 63.9 Å². The van der Waals surface area contributed by atoms with Crippen molar-refractivity contribution in [2.45, 2.75) is 13.0 Å². The Balaban J connectivity index is 2.15. The van der Waals surface area contributed by atoms with Gasteiger partial charge in [0.15, 0.2) is 0 Å². The minimum Gasteiger partial charge on any atom is -0.309 e. The zero-order valence-electron chi connectivity index (χ0n) is 10.7. The van der Waals surface area contributed by atoms with E-state index in [-0.39, 0.29) is 6.04 Å². The summed E-state index contributed by atoms with van der Waals surface area (Å²) in [5.74, 6) is 0. The molecule has 3 rings (SSSR count). The predicted molar refractivity (Wildman–Crippen MR) is 89.5 cm³/mol. The maximum absolute atomic E-state index is 3.59. The van der Waals surface area contributed by atoms with Crippen molar-refractivity contribution in [1.82, 2.24) is 5.32 Å². The fraction of sp³-hybridized carbons (Fsp3) is 0.200. The van der Waals surface area contributed by atoms with Crippen LogP contribution in [0.15, 0.2) is 39.5 Å². The molecule has 1 unspecified atom stereocenters. The molecule has 98 valence electrons. The summed E-state index contributed by atoms with van der Waals surface area (Å²) < 4.78 is 2.55. The molecule has 0 saturated heterocycles. The van der Waals surface area contributed by atoms with E-state index in [1.54, 1.807) is 11.3 Å². The van der Waals surface area contributed by atoms with Gasteiger partial charge in [0.2, 0.25) is 0 Å². The van der Waals surface area contributed by atoms with Crippen molar-refractivity contribution in [3.05, 3.63) is 55.5 Å². The summed E-state index contributed by atoms with van der Waals surface area (Å²) >= 11 is 7.20. The van der Waals surface area contributed by atoms with Gasteiger partial charge in [0.1, 0.15) is 0 Å². The topological polar surface area (TPSA) is 12.0 Å². The van der Waals surface area contributed by atoms with Gasteiger partial charge in [-0.3, -0.25) is 0 Å². The Kier molecular flexibility index (Phi) is 3.76. The Labute approximate surface area is 129 Å². The SMILES string of the molecule is CNC(c1cc(Br)sc1C)c1csc2ccccc12. The highest BCUT2D eigenvalue weighted by Crippen LogP contribution is 2.38. The van der Waals surface area contributed by atoms with Crippen LogP contribution in [0.4, 0.5) is 0 Å². The van der Waals surface area contributed by atoms with E-state index >= 15 is 0 Å². The monoisotopic (exact) mass is 351 g/mol. The lowest BCUT2D eigenvalue weighted by atomic mass is 9.99. The van der Waals surface area contributed by atoms with E-state index < -0.39 is 0 Å². The number of rotatable bonds is 3. The van der Waals surface area contributed by atoms with Gasteiger partial charge in [-0.25, -0.2) is 0 Å². The first kappa shape index (κ1) is 13.3. The largest absolute Gasteiger partial charge is 0.309 e. The van der Waals surface area contributed by atoms with Crippen LogP contribution < -0.4 is 5.32 Å². The molecule has 0 spiro atoms. The Morgan fingerprint density at radius 1 is 1.21 bits per heavy atom. The molecule has 0 fully saturated rings. The van der Waals surface area contributed by atoms with Crippen molar-refractivity contribution in [1.29, 1.82) is 0 Å². The second-order valence-electron chi connectivity index (χ2n) is 4.47. The zero-order chi connectivity index (χ0) is 13.4. The molecule has 19 heavy (non-hydrogen) atoms. The average Bonchev–Trinajstić information content (AvgIpc) is 2.96. The summed E-state index contributed by atoms with van der Waals surface area (Å²) in [4.78, 5) is 1.36. The summed E-state index contributed by atoms with van der Waals surface area (Å²) in [6, 6.07) is 11.1. The molecular formula is C15H14BrNS2. The van der Waals surface area contributed by atoms with E-state index in [9.17, 15) is 0 Å². The molecule has 0 aliphatic carbocycles. The summed E-state index contributed by atoms with van der Waals surface area (Å²) in [7, 11) is 2.03. The van der Waals surface area contributed by atoms with E-state index in [2.05, 4.69) is 63.9 Å². The van der Waals surface area contributed by atoms with E-state index in [1.807, 2.05) is 18.4 Å². The molecule has 0 aliphatic heterocycles. The van der Waals surface area contributed by atoms with Gasteiger partial charge >= 0.3 is 0 Å². The van der Waals surface area contributed by atoms with Crippen LogP contribution in [-0.2, 0) is 0 Å². The molecule has 0 bridgehead atoms. The van der Waals surface area contributed by atoms with Crippen LogP contribution in [-0.4, -0.2) is 7.05 Å². The smallest absolute Gasteiger partial charge is 0.0704 e. The molecule has 3 aromatic rings. The van der Waals surface area contributed by atoms with Crippen molar-refractivity contribution in [3.8, 4) is 0 Å². The van der Waals surface area contributed by atoms with Gasteiger partial charge in [0, 0.05) is 9.58 Å². The first-order chi connectivity index (χ1) is 9.20. The van der Waals surface area contributed by atoms with E-state index in [0.29, 0.717) is 0 Å². The third kappa shape index (κ3) is 2.38. The van der Waals surface area contributed by atoms with Crippen LogP contribution in [0.5, 0.6) is 0 Å². The fourth-order valence-electron chi connectivity index (χ4n) is 2.45. The number of thiophene rings is 2. The molecule has 0 radical (unpaired) electrons. The molecule has 2 heterocycles. The van der Waals surface area contributed by atoms with Gasteiger partial charge < -0.3 is 5.32 Å². The van der Waals surface area contributed by atoms with Gasteiger partial charge in [0.05, 0.1) is 9.83 Å². The predicted octanol–water partition coefficient (Wildman–Crippen LogP) is 5.34. The molecule has 0 aliphatic rings. The van der Waals surface area contributed by atoms with Gasteiger partial charge in [-0.15, -0.1) is 22.7 Å². The highest BCUT2D eigenvalue weighted by Gasteiger charge is 2.19. The molecule has 2 aromatic heterocycles. The molecule has 0 saturated carbocycles. The first-order valence-corrected chi connectivity index (χ1v) is 8.59. The van der Waals surface area contributed by atoms with E-state index in [1.165, 1.54) is 29.9 Å². The molecular weight excluding hydrogens is 338 g/mol. The Bertz CT molecular complexity index is 714. The second-order valence-corrected chi connectivity index (χ2v) is 8.02. The summed E-state index contributed by atoms with van der Waals surface area (Å²) in [5, 5.41) is 7.09. The number of aryl methyl sites for hydroxylation is 1. The lowest BCUT2D eigenvalue weighted by Crippen LogP contribution is -2.17. The summed E-state index contributed by atoms with van der Waals surface area (Å²) in [6.07, 6.45) is 0. The average molecular weight is 352 g/mol. The molecule has 1 nitrogen and oxygen atoms in total. The Morgan fingerprint density at radius 3 is 2.68 bits per heavy atom. The van der Waals surface area contributed by atoms with E-state index in [4.69, 9.17) is 0 Å². The van der Waals surface area contributed by atoms with Gasteiger partial charge in [0.25, 0.3) is 0 Å². The molecule has 1 aromatic carbocycles. The minimum absolute atomic E-state index is 0.263. The van der Waals surface area contributed by atoms with E-state index in [0.717, 1.165) is 0 Å². The van der Waals surface area contributed by atoms with Gasteiger partial charge in [-0.2, -0.15) is 0 Å². The molecule has 4 heteroatoms. The highest BCUT2D eigenvalue weighted by molar-refractivity contribution is 9.11. The summed E-state index contributed by atoms with van der Waals surface area (Å²) in [5.41, 5.74) is 2.74. The number of hydrogen-bond donors (Lipinski definition) is 1.